The Labute approximate surface area is 166 Å². The van der Waals surface area contributed by atoms with Crippen LogP contribution in [0.5, 0.6) is 0 Å². The molecule has 1 aromatic carbocycles. The Balaban J connectivity index is 1.47. The van der Waals surface area contributed by atoms with Gasteiger partial charge in [-0.3, -0.25) is 4.79 Å². The molecule has 1 saturated heterocycles. The number of nitrogens with zero attached hydrogens (tertiary/aromatic N) is 2. The van der Waals surface area contributed by atoms with Gasteiger partial charge in [0.1, 0.15) is 5.82 Å². The number of halogens is 3. The van der Waals surface area contributed by atoms with Gasteiger partial charge in [0, 0.05) is 12.0 Å². The van der Waals surface area contributed by atoms with Crippen LogP contribution in [-0.2, 0) is 20.8 Å². The van der Waals surface area contributed by atoms with E-state index in [1.54, 1.807) is 23.7 Å². The van der Waals surface area contributed by atoms with E-state index >= 15 is 0 Å². The molecule has 4 rings (SSSR count). The molecule has 1 aromatic heterocycles. The number of aromatic nitrogens is 2. The molecule has 1 N–H and O–H groups in total. The Kier molecular flexibility index (Phi) is 4.71. The molecule has 3 atom stereocenters. The van der Waals surface area contributed by atoms with E-state index in [1.807, 2.05) is 0 Å². The minimum Gasteiger partial charge on any atom is -0.311 e. The van der Waals surface area contributed by atoms with Gasteiger partial charge < -0.3 is 5.32 Å². The van der Waals surface area contributed by atoms with Crippen molar-refractivity contribution in [3.05, 3.63) is 47.2 Å². The monoisotopic (exact) mass is 427 g/mol. The van der Waals surface area contributed by atoms with Crippen molar-refractivity contribution in [1.82, 2.24) is 9.78 Å². The normalized spacial score (nSPS) is 25.7. The Hall–Kier alpha value is -2.36. The van der Waals surface area contributed by atoms with Crippen molar-refractivity contribution in [2.45, 2.75) is 37.9 Å². The summed E-state index contributed by atoms with van der Waals surface area (Å²) in [5.41, 5.74) is 0.415. The molecular weight excluding hydrogens is 407 g/mol. The van der Waals surface area contributed by atoms with Crippen molar-refractivity contribution in [1.29, 1.82) is 0 Å². The van der Waals surface area contributed by atoms with E-state index in [4.69, 9.17) is 0 Å². The number of alkyl halides is 3. The lowest BCUT2D eigenvalue weighted by molar-refractivity contribution is -0.137. The molecule has 10 heteroatoms. The zero-order chi connectivity index (χ0) is 21.0. The van der Waals surface area contributed by atoms with Crippen molar-refractivity contribution >= 4 is 21.6 Å². The standard InChI is InChI=1S/C19H20F3N3O3S/c1-11-7-17(25(24-11)14-5-6-29(27,28)10-14)23-18(26)16-9-15(16)12-3-2-4-13(8-12)19(20,21)22/h2-4,7-8,14-16H,5-6,9-10H2,1H3,(H,23,26). The van der Waals surface area contributed by atoms with Gasteiger partial charge in [0.15, 0.2) is 9.84 Å². The molecule has 156 valence electrons. The summed E-state index contributed by atoms with van der Waals surface area (Å²) in [6, 6.07) is 6.40. The van der Waals surface area contributed by atoms with E-state index in [-0.39, 0.29) is 29.4 Å². The fourth-order valence-electron chi connectivity index (χ4n) is 3.87. The largest absolute Gasteiger partial charge is 0.416 e. The highest BCUT2D eigenvalue weighted by molar-refractivity contribution is 7.91. The molecule has 6 nitrogen and oxygen atoms in total. The molecule has 0 radical (unpaired) electrons. The van der Waals surface area contributed by atoms with Crippen LogP contribution < -0.4 is 5.32 Å². The third-order valence-corrected chi connectivity index (χ3v) is 7.18. The minimum atomic E-state index is -4.42. The Bertz CT molecular complexity index is 1060. The van der Waals surface area contributed by atoms with Gasteiger partial charge >= 0.3 is 6.18 Å². The van der Waals surface area contributed by atoms with E-state index in [9.17, 15) is 26.4 Å². The number of aryl methyl sites for hydroxylation is 1. The quantitative estimate of drug-likeness (QED) is 0.812. The highest BCUT2D eigenvalue weighted by Gasteiger charge is 2.45. The number of sulfone groups is 1. The van der Waals surface area contributed by atoms with Gasteiger partial charge in [-0.2, -0.15) is 18.3 Å². The molecule has 1 aliphatic heterocycles. The first kappa shape index (κ1) is 19.9. The lowest BCUT2D eigenvalue weighted by Crippen LogP contribution is -2.21. The fraction of sp³-hybridized carbons (Fsp3) is 0.474. The lowest BCUT2D eigenvalue weighted by atomic mass is 10.1. The highest BCUT2D eigenvalue weighted by atomic mass is 32.2. The second-order valence-electron chi connectivity index (χ2n) is 7.73. The van der Waals surface area contributed by atoms with Crippen LogP contribution in [0.1, 0.15) is 41.6 Å². The average Bonchev–Trinajstić information content (AvgIpc) is 3.25. The molecular formula is C19H20F3N3O3S. The summed E-state index contributed by atoms with van der Waals surface area (Å²) in [4.78, 5) is 12.7. The Morgan fingerprint density at radius 2 is 2.03 bits per heavy atom. The van der Waals surface area contributed by atoms with Crippen molar-refractivity contribution in [3.8, 4) is 0 Å². The smallest absolute Gasteiger partial charge is 0.311 e. The second-order valence-corrected chi connectivity index (χ2v) is 9.96. The van der Waals surface area contributed by atoms with Crippen LogP contribution in [-0.4, -0.2) is 35.6 Å². The number of hydrogen-bond acceptors (Lipinski definition) is 4. The molecule has 0 spiro atoms. The number of rotatable bonds is 4. The Morgan fingerprint density at radius 1 is 1.28 bits per heavy atom. The number of carbonyl (C=O) groups is 1. The SMILES string of the molecule is Cc1cc(NC(=O)C2CC2c2cccc(C(F)(F)F)c2)n(C2CCS(=O)(=O)C2)n1. The van der Waals surface area contributed by atoms with E-state index in [2.05, 4.69) is 10.4 Å². The van der Waals surface area contributed by atoms with E-state index in [0.29, 0.717) is 29.9 Å². The van der Waals surface area contributed by atoms with Gasteiger partial charge in [-0.1, -0.05) is 18.2 Å². The van der Waals surface area contributed by atoms with Gasteiger partial charge in [0.2, 0.25) is 5.91 Å². The number of anilines is 1. The first-order valence-corrected chi connectivity index (χ1v) is 11.1. The van der Waals surface area contributed by atoms with Gasteiger partial charge in [0.05, 0.1) is 28.8 Å². The lowest BCUT2D eigenvalue weighted by Gasteiger charge is -2.14. The van der Waals surface area contributed by atoms with Crippen LogP contribution >= 0.6 is 0 Å². The van der Waals surface area contributed by atoms with Crippen molar-refractivity contribution in [3.63, 3.8) is 0 Å². The first-order chi connectivity index (χ1) is 13.5. The van der Waals surface area contributed by atoms with Crippen LogP contribution in [0.15, 0.2) is 30.3 Å². The van der Waals surface area contributed by atoms with Crippen molar-refractivity contribution < 1.29 is 26.4 Å². The fourth-order valence-corrected chi connectivity index (χ4v) is 5.57. The summed E-state index contributed by atoms with van der Waals surface area (Å²) in [6.07, 6.45) is -3.52. The third kappa shape index (κ3) is 4.17. The predicted octanol–water partition coefficient (Wildman–Crippen LogP) is 3.31. The highest BCUT2D eigenvalue weighted by Crippen LogP contribution is 2.49. The van der Waals surface area contributed by atoms with Crippen LogP contribution in [0.4, 0.5) is 19.0 Å². The number of carbonyl (C=O) groups excluding carboxylic acids is 1. The van der Waals surface area contributed by atoms with Crippen LogP contribution in [0, 0.1) is 12.8 Å². The molecule has 1 saturated carbocycles. The van der Waals surface area contributed by atoms with Crippen LogP contribution in [0.25, 0.3) is 0 Å². The third-order valence-electron chi connectivity index (χ3n) is 5.43. The number of benzene rings is 1. The molecule has 2 aromatic rings. The predicted molar refractivity (Wildman–Crippen MR) is 100 cm³/mol. The Morgan fingerprint density at radius 3 is 2.69 bits per heavy atom. The topological polar surface area (TPSA) is 81.1 Å². The molecule has 2 aliphatic rings. The summed E-state index contributed by atoms with van der Waals surface area (Å²) in [6.45, 7) is 1.75. The molecule has 29 heavy (non-hydrogen) atoms. The number of hydrogen-bond donors (Lipinski definition) is 1. The minimum absolute atomic E-state index is 0.0206. The van der Waals surface area contributed by atoms with E-state index in [1.165, 1.54) is 6.07 Å². The molecule has 1 aliphatic carbocycles. The molecule has 2 heterocycles. The van der Waals surface area contributed by atoms with Gasteiger partial charge in [-0.05, 0) is 37.3 Å². The van der Waals surface area contributed by atoms with Crippen molar-refractivity contribution in [2.75, 3.05) is 16.8 Å². The molecule has 1 amide bonds. The summed E-state index contributed by atoms with van der Waals surface area (Å²) < 4.78 is 63.8. The number of nitrogens with one attached hydrogen (secondary N) is 1. The van der Waals surface area contributed by atoms with E-state index < -0.39 is 27.5 Å². The molecule has 2 fully saturated rings. The number of amides is 1. The summed E-state index contributed by atoms with van der Waals surface area (Å²) >= 11 is 0. The zero-order valence-corrected chi connectivity index (χ0v) is 16.4. The summed E-state index contributed by atoms with van der Waals surface area (Å²) in [7, 11) is -3.11. The zero-order valence-electron chi connectivity index (χ0n) is 15.6. The van der Waals surface area contributed by atoms with Crippen LogP contribution in [0.3, 0.4) is 0 Å². The van der Waals surface area contributed by atoms with E-state index in [0.717, 1.165) is 12.1 Å². The molecule has 3 unspecified atom stereocenters. The summed E-state index contributed by atoms with van der Waals surface area (Å²) in [5.74, 6) is -0.493. The van der Waals surface area contributed by atoms with Crippen molar-refractivity contribution in [2.24, 2.45) is 5.92 Å². The second kappa shape index (κ2) is 6.86. The van der Waals surface area contributed by atoms with Gasteiger partial charge in [-0.25, -0.2) is 13.1 Å². The van der Waals surface area contributed by atoms with Gasteiger partial charge in [0.25, 0.3) is 0 Å². The maximum Gasteiger partial charge on any atom is 0.416 e. The average molecular weight is 427 g/mol. The van der Waals surface area contributed by atoms with Crippen LogP contribution in [0.2, 0.25) is 0 Å². The molecule has 0 bridgehead atoms. The maximum atomic E-state index is 12.9. The maximum absolute atomic E-state index is 12.9. The van der Waals surface area contributed by atoms with Gasteiger partial charge in [-0.15, -0.1) is 0 Å². The first-order valence-electron chi connectivity index (χ1n) is 9.28. The summed E-state index contributed by atoms with van der Waals surface area (Å²) in [5, 5.41) is 7.11.